The second-order valence-electron chi connectivity index (χ2n) is 3.32. The number of carbonyl (C=O) groups excluding carboxylic acids is 1. The molecule has 8 heteroatoms. The minimum Gasteiger partial charge on any atom is -0.481 e. The zero-order chi connectivity index (χ0) is 13.7. The van der Waals surface area contributed by atoms with Crippen LogP contribution in [0.1, 0.15) is 16.8 Å². The largest absolute Gasteiger partial charge is 0.481 e. The SMILES string of the molecule is O=C(O)C[C@@H](NC(=O)c1ccncc1Cl)C(=O)O. The van der Waals surface area contributed by atoms with Crippen molar-refractivity contribution in [1.82, 2.24) is 10.3 Å². The van der Waals surface area contributed by atoms with E-state index in [1.165, 1.54) is 18.5 Å². The molecule has 96 valence electrons. The summed E-state index contributed by atoms with van der Waals surface area (Å²) in [6, 6.07) is -0.212. The number of amides is 1. The maximum absolute atomic E-state index is 11.7. The van der Waals surface area contributed by atoms with Crippen LogP contribution in [0.5, 0.6) is 0 Å². The van der Waals surface area contributed by atoms with Gasteiger partial charge in [0.05, 0.1) is 17.0 Å². The lowest BCUT2D eigenvalue weighted by atomic mass is 10.2. The van der Waals surface area contributed by atoms with Crippen molar-refractivity contribution in [2.75, 3.05) is 0 Å². The highest BCUT2D eigenvalue weighted by molar-refractivity contribution is 6.33. The number of pyridine rings is 1. The molecular formula is C10H9ClN2O5. The average molecular weight is 273 g/mol. The number of rotatable bonds is 5. The number of nitrogens with one attached hydrogen (secondary N) is 1. The molecule has 1 rings (SSSR count). The predicted molar refractivity (Wildman–Crippen MR) is 60.4 cm³/mol. The molecule has 0 spiro atoms. The molecule has 0 aliphatic rings. The molecule has 0 unspecified atom stereocenters. The van der Waals surface area contributed by atoms with E-state index in [0.717, 1.165) is 0 Å². The van der Waals surface area contributed by atoms with Crippen LogP contribution < -0.4 is 5.32 Å². The van der Waals surface area contributed by atoms with Gasteiger partial charge in [-0.15, -0.1) is 0 Å². The van der Waals surface area contributed by atoms with Crippen LogP contribution in [0.2, 0.25) is 5.02 Å². The number of hydrogen-bond donors (Lipinski definition) is 3. The predicted octanol–water partition coefficient (Wildman–Crippen LogP) is 0.393. The second-order valence-corrected chi connectivity index (χ2v) is 3.72. The third-order valence-electron chi connectivity index (χ3n) is 2.00. The van der Waals surface area contributed by atoms with E-state index in [1.807, 2.05) is 0 Å². The number of carboxylic acids is 2. The number of aromatic nitrogens is 1. The molecule has 0 aromatic carbocycles. The van der Waals surface area contributed by atoms with Crippen LogP contribution in [0.3, 0.4) is 0 Å². The first-order valence-corrected chi connectivity index (χ1v) is 5.14. The maximum Gasteiger partial charge on any atom is 0.326 e. The van der Waals surface area contributed by atoms with Crippen molar-refractivity contribution < 1.29 is 24.6 Å². The van der Waals surface area contributed by atoms with Gasteiger partial charge in [0.15, 0.2) is 0 Å². The van der Waals surface area contributed by atoms with Crippen molar-refractivity contribution in [3.05, 3.63) is 29.0 Å². The Morgan fingerprint density at radius 3 is 2.56 bits per heavy atom. The van der Waals surface area contributed by atoms with E-state index >= 15 is 0 Å². The van der Waals surface area contributed by atoms with Gasteiger partial charge in [-0.25, -0.2) is 4.79 Å². The lowest BCUT2D eigenvalue weighted by Crippen LogP contribution is -2.42. The summed E-state index contributed by atoms with van der Waals surface area (Å²) in [5.74, 6) is -3.53. The molecule has 0 fully saturated rings. The van der Waals surface area contributed by atoms with Crippen LogP contribution in [0.15, 0.2) is 18.5 Å². The van der Waals surface area contributed by atoms with Crippen molar-refractivity contribution in [2.45, 2.75) is 12.5 Å². The Morgan fingerprint density at radius 1 is 1.39 bits per heavy atom. The van der Waals surface area contributed by atoms with Crippen LogP contribution in [0.25, 0.3) is 0 Å². The van der Waals surface area contributed by atoms with Gasteiger partial charge in [0, 0.05) is 12.4 Å². The number of aliphatic carboxylic acids is 2. The van der Waals surface area contributed by atoms with E-state index < -0.39 is 30.3 Å². The lowest BCUT2D eigenvalue weighted by molar-refractivity contribution is -0.145. The Morgan fingerprint density at radius 2 is 2.06 bits per heavy atom. The smallest absolute Gasteiger partial charge is 0.326 e. The van der Waals surface area contributed by atoms with Crippen molar-refractivity contribution in [3.8, 4) is 0 Å². The maximum atomic E-state index is 11.7. The van der Waals surface area contributed by atoms with E-state index in [1.54, 1.807) is 0 Å². The normalized spacial score (nSPS) is 11.6. The highest BCUT2D eigenvalue weighted by Gasteiger charge is 2.24. The fraction of sp³-hybridized carbons (Fsp3) is 0.200. The van der Waals surface area contributed by atoms with Gasteiger partial charge in [-0.2, -0.15) is 0 Å². The van der Waals surface area contributed by atoms with Crippen LogP contribution in [0, 0.1) is 0 Å². The van der Waals surface area contributed by atoms with Crippen molar-refractivity contribution in [1.29, 1.82) is 0 Å². The van der Waals surface area contributed by atoms with Crippen molar-refractivity contribution >= 4 is 29.4 Å². The van der Waals surface area contributed by atoms with Gasteiger partial charge in [0.2, 0.25) is 0 Å². The highest BCUT2D eigenvalue weighted by atomic mass is 35.5. The van der Waals surface area contributed by atoms with E-state index in [4.69, 9.17) is 21.8 Å². The molecule has 1 aromatic rings. The number of halogens is 1. The summed E-state index contributed by atoms with van der Waals surface area (Å²) >= 11 is 5.70. The molecule has 1 heterocycles. The number of carboxylic acid groups (broad SMARTS) is 2. The minimum atomic E-state index is -1.51. The monoisotopic (exact) mass is 272 g/mol. The van der Waals surface area contributed by atoms with Crippen molar-refractivity contribution in [3.63, 3.8) is 0 Å². The Kier molecular flexibility index (Phi) is 4.61. The average Bonchev–Trinajstić information content (AvgIpc) is 2.27. The third kappa shape index (κ3) is 3.70. The Balaban J connectivity index is 2.82. The molecule has 0 aliphatic heterocycles. The molecule has 0 aliphatic carbocycles. The van der Waals surface area contributed by atoms with Crippen LogP contribution in [-0.4, -0.2) is 39.1 Å². The van der Waals surface area contributed by atoms with Crippen LogP contribution in [-0.2, 0) is 9.59 Å². The van der Waals surface area contributed by atoms with Crippen molar-refractivity contribution in [2.24, 2.45) is 0 Å². The molecule has 1 amide bonds. The summed E-state index contributed by atoms with van der Waals surface area (Å²) in [5.41, 5.74) is 0.0308. The molecule has 1 atom stereocenters. The standard InChI is InChI=1S/C10H9ClN2O5/c11-6-4-12-2-1-5(6)9(16)13-7(10(17)18)3-8(14)15/h1-2,4,7H,3H2,(H,13,16)(H,14,15)(H,17,18)/t7-/m1/s1. The molecule has 0 saturated heterocycles. The molecule has 1 aromatic heterocycles. The highest BCUT2D eigenvalue weighted by Crippen LogP contribution is 2.13. The molecule has 3 N–H and O–H groups in total. The third-order valence-corrected chi connectivity index (χ3v) is 2.30. The minimum absolute atomic E-state index is 0.0308. The topological polar surface area (TPSA) is 117 Å². The van der Waals surface area contributed by atoms with Gasteiger partial charge >= 0.3 is 11.9 Å². The van der Waals surface area contributed by atoms with Gasteiger partial charge in [-0.3, -0.25) is 14.6 Å². The lowest BCUT2D eigenvalue weighted by Gasteiger charge is -2.12. The van der Waals surface area contributed by atoms with Gasteiger partial charge in [0.1, 0.15) is 6.04 Å². The van der Waals surface area contributed by atoms with E-state index in [0.29, 0.717) is 0 Å². The number of nitrogens with zero attached hydrogens (tertiary/aromatic N) is 1. The summed E-state index contributed by atoms with van der Waals surface area (Å²) in [6.07, 6.45) is 1.82. The second kappa shape index (κ2) is 5.97. The molecule has 18 heavy (non-hydrogen) atoms. The summed E-state index contributed by atoms with van der Waals surface area (Å²) in [7, 11) is 0. The molecule has 0 bridgehead atoms. The summed E-state index contributed by atoms with van der Waals surface area (Å²) < 4.78 is 0. The van der Waals surface area contributed by atoms with Gasteiger partial charge in [-0.1, -0.05) is 11.6 Å². The zero-order valence-corrected chi connectivity index (χ0v) is 9.72. The molecule has 0 saturated carbocycles. The first kappa shape index (κ1) is 13.9. The summed E-state index contributed by atoms with van der Waals surface area (Å²) in [4.78, 5) is 36.6. The number of hydrogen-bond acceptors (Lipinski definition) is 4. The number of carbonyl (C=O) groups is 3. The molecule has 7 nitrogen and oxygen atoms in total. The van der Waals surface area contributed by atoms with Gasteiger partial charge in [0.25, 0.3) is 5.91 Å². The van der Waals surface area contributed by atoms with E-state index in [-0.39, 0.29) is 10.6 Å². The van der Waals surface area contributed by atoms with Crippen LogP contribution >= 0.6 is 11.6 Å². The Hall–Kier alpha value is -2.15. The summed E-state index contributed by atoms with van der Waals surface area (Å²) in [6.45, 7) is 0. The first-order valence-electron chi connectivity index (χ1n) is 4.76. The Labute approximate surface area is 106 Å². The molecule has 0 radical (unpaired) electrons. The fourth-order valence-electron chi connectivity index (χ4n) is 1.17. The van der Waals surface area contributed by atoms with Crippen LogP contribution in [0.4, 0.5) is 0 Å². The summed E-state index contributed by atoms with van der Waals surface area (Å²) in [5, 5.41) is 19.4. The Bertz CT molecular complexity index is 491. The van der Waals surface area contributed by atoms with Gasteiger partial charge in [-0.05, 0) is 6.07 Å². The fourth-order valence-corrected chi connectivity index (χ4v) is 1.38. The van der Waals surface area contributed by atoms with E-state index in [9.17, 15) is 14.4 Å². The first-order chi connectivity index (χ1) is 8.41. The zero-order valence-electron chi connectivity index (χ0n) is 8.96. The molecular weight excluding hydrogens is 264 g/mol. The van der Waals surface area contributed by atoms with Gasteiger partial charge < -0.3 is 15.5 Å². The van der Waals surface area contributed by atoms with E-state index in [2.05, 4.69) is 10.3 Å². The quantitative estimate of drug-likeness (QED) is 0.714.